The van der Waals surface area contributed by atoms with Gasteiger partial charge in [0.1, 0.15) is 6.04 Å². The van der Waals surface area contributed by atoms with Crippen LogP contribution in [0.5, 0.6) is 0 Å². The summed E-state index contributed by atoms with van der Waals surface area (Å²) in [5.41, 5.74) is 3.37. The molecular formula is C27H39N3O4S. The number of hydrogen-bond acceptors (Lipinski definition) is 4. The Kier molecular flexibility index (Phi) is 10.3. The molecule has 2 rings (SSSR count). The first kappa shape index (κ1) is 28.4. The zero-order valence-corrected chi connectivity index (χ0v) is 22.6. The minimum atomic E-state index is -3.52. The predicted molar refractivity (Wildman–Crippen MR) is 142 cm³/mol. The van der Waals surface area contributed by atoms with Crippen molar-refractivity contribution in [3.05, 3.63) is 65.2 Å². The van der Waals surface area contributed by atoms with Gasteiger partial charge in [-0.15, -0.1) is 0 Å². The molecule has 0 radical (unpaired) electrons. The monoisotopic (exact) mass is 501 g/mol. The maximum absolute atomic E-state index is 13.3. The van der Waals surface area contributed by atoms with E-state index >= 15 is 0 Å². The first-order valence-corrected chi connectivity index (χ1v) is 13.9. The predicted octanol–water partition coefficient (Wildman–Crippen LogP) is 4.04. The lowest BCUT2D eigenvalue weighted by molar-refractivity contribution is -0.140. The number of carbonyl (C=O) groups is 2. The van der Waals surface area contributed by atoms with Gasteiger partial charge in [0.15, 0.2) is 0 Å². The number of hydrogen-bond donors (Lipinski definition) is 1. The minimum Gasteiger partial charge on any atom is -0.354 e. The van der Waals surface area contributed by atoms with Crippen molar-refractivity contribution in [2.45, 2.75) is 60.0 Å². The highest BCUT2D eigenvalue weighted by molar-refractivity contribution is 7.92. The normalized spacial score (nSPS) is 12.3. The molecule has 2 aromatic carbocycles. The highest BCUT2D eigenvalue weighted by Crippen LogP contribution is 2.24. The fraction of sp³-hybridized carbons (Fsp3) is 0.481. The molecule has 0 fully saturated rings. The fourth-order valence-corrected chi connectivity index (χ4v) is 4.80. The van der Waals surface area contributed by atoms with Crippen molar-refractivity contribution >= 4 is 27.5 Å². The first-order valence-electron chi connectivity index (χ1n) is 12.1. The van der Waals surface area contributed by atoms with Gasteiger partial charge >= 0.3 is 0 Å². The van der Waals surface area contributed by atoms with Crippen LogP contribution in [0.25, 0.3) is 0 Å². The number of rotatable bonds is 12. The van der Waals surface area contributed by atoms with Gasteiger partial charge in [-0.05, 0) is 55.9 Å². The van der Waals surface area contributed by atoms with E-state index in [2.05, 4.69) is 5.32 Å². The molecular weight excluding hydrogens is 462 g/mol. The second kappa shape index (κ2) is 12.7. The Labute approximate surface area is 210 Å². The zero-order valence-electron chi connectivity index (χ0n) is 21.7. The quantitative estimate of drug-likeness (QED) is 0.476. The molecule has 0 aromatic heterocycles. The topological polar surface area (TPSA) is 86.8 Å². The molecule has 192 valence electrons. The van der Waals surface area contributed by atoms with Gasteiger partial charge in [0.25, 0.3) is 0 Å². The average molecular weight is 502 g/mol. The lowest BCUT2D eigenvalue weighted by Crippen LogP contribution is -2.48. The molecule has 0 aliphatic heterocycles. The van der Waals surface area contributed by atoms with Crippen molar-refractivity contribution in [1.29, 1.82) is 0 Å². The third-order valence-electron chi connectivity index (χ3n) is 5.83. The van der Waals surface area contributed by atoms with Crippen LogP contribution in [-0.2, 0) is 26.2 Å². The summed E-state index contributed by atoms with van der Waals surface area (Å²) < 4.78 is 26.5. The molecule has 0 saturated carbocycles. The summed E-state index contributed by atoms with van der Waals surface area (Å²) in [7, 11) is -3.52. The standard InChI is InChI=1S/C27H39N3O4S/c1-20(2)18-28-27(32)23(5)29(19-24-11-8-7-9-12-24)26(31)13-10-16-30(35(6,33)34)25-17-21(3)14-15-22(25)4/h7-9,11-12,14-15,17,20,23H,10,13,16,18-19H2,1-6H3,(H,28,32)/t23-/m1/s1. The van der Waals surface area contributed by atoms with Gasteiger partial charge in [-0.1, -0.05) is 56.3 Å². The molecule has 0 aliphatic rings. The molecule has 7 nitrogen and oxygen atoms in total. The summed E-state index contributed by atoms with van der Waals surface area (Å²) in [5, 5.41) is 2.91. The third-order valence-corrected chi connectivity index (χ3v) is 7.01. The Morgan fingerprint density at radius 1 is 1.00 bits per heavy atom. The van der Waals surface area contributed by atoms with Crippen molar-refractivity contribution in [2.24, 2.45) is 5.92 Å². The number of benzene rings is 2. The van der Waals surface area contributed by atoms with Crippen LogP contribution >= 0.6 is 0 Å². The Morgan fingerprint density at radius 2 is 1.66 bits per heavy atom. The Hall–Kier alpha value is -2.87. The molecule has 35 heavy (non-hydrogen) atoms. The van der Waals surface area contributed by atoms with Crippen LogP contribution in [0.2, 0.25) is 0 Å². The van der Waals surface area contributed by atoms with Crippen molar-refractivity contribution in [2.75, 3.05) is 23.7 Å². The molecule has 8 heteroatoms. The molecule has 0 heterocycles. The van der Waals surface area contributed by atoms with E-state index in [0.717, 1.165) is 16.7 Å². The summed E-state index contributed by atoms with van der Waals surface area (Å²) in [6.45, 7) is 10.6. The van der Waals surface area contributed by atoms with E-state index in [1.54, 1.807) is 11.8 Å². The molecule has 0 aliphatic carbocycles. The van der Waals surface area contributed by atoms with Gasteiger partial charge in [0.2, 0.25) is 21.8 Å². The van der Waals surface area contributed by atoms with Gasteiger partial charge in [-0.25, -0.2) is 8.42 Å². The summed E-state index contributed by atoms with van der Waals surface area (Å²) in [6, 6.07) is 14.6. The van der Waals surface area contributed by atoms with Crippen LogP contribution in [0.3, 0.4) is 0 Å². The zero-order chi connectivity index (χ0) is 26.2. The van der Waals surface area contributed by atoms with E-state index in [-0.39, 0.29) is 24.8 Å². The van der Waals surface area contributed by atoms with Crippen molar-refractivity contribution < 1.29 is 18.0 Å². The lowest BCUT2D eigenvalue weighted by atomic mass is 10.1. The Balaban J connectivity index is 2.16. The average Bonchev–Trinajstić information content (AvgIpc) is 2.79. The SMILES string of the molecule is Cc1ccc(C)c(N(CCCC(=O)N(Cc2ccccc2)[C@H](C)C(=O)NCC(C)C)S(C)(=O)=O)c1. The van der Waals surface area contributed by atoms with E-state index in [4.69, 9.17) is 0 Å². The summed E-state index contributed by atoms with van der Waals surface area (Å²) in [6.07, 6.45) is 1.65. The van der Waals surface area contributed by atoms with E-state index in [1.807, 2.05) is 76.2 Å². The molecule has 0 unspecified atom stereocenters. The maximum Gasteiger partial charge on any atom is 0.242 e. The van der Waals surface area contributed by atoms with Crippen LogP contribution in [-0.4, -0.2) is 50.5 Å². The summed E-state index contributed by atoms with van der Waals surface area (Å²) in [5.74, 6) is -0.0805. The van der Waals surface area contributed by atoms with E-state index in [9.17, 15) is 18.0 Å². The number of sulfonamides is 1. The van der Waals surface area contributed by atoms with Crippen LogP contribution < -0.4 is 9.62 Å². The molecule has 0 saturated heterocycles. The molecule has 0 bridgehead atoms. The number of nitrogens with zero attached hydrogens (tertiary/aromatic N) is 2. The van der Waals surface area contributed by atoms with Crippen LogP contribution in [0.4, 0.5) is 5.69 Å². The number of aryl methyl sites for hydroxylation is 2. The minimum absolute atomic E-state index is 0.130. The fourth-order valence-electron chi connectivity index (χ4n) is 3.79. The Bertz CT molecular complexity index is 1100. The highest BCUT2D eigenvalue weighted by atomic mass is 32.2. The van der Waals surface area contributed by atoms with Gasteiger partial charge in [0.05, 0.1) is 11.9 Å². The molecule has 1 atom stereocenters. The maximum atomic E-state index is 13.3. The third kappa shape index (κ3) is 8.69. The number of amides is 2. The van der Waals surface area contributed by atoms with Gasteiger partial charge < -0.3 is 10.2 Å². The number of nitrogens with one attached hydrogen (secondary N) is 1. The molecule has 2 aromatic rings. The lowest BCUT2D eigenvalue weighted by Gasteiger charge is -2.30. The molecule has 0 spiro atoms. The Morgan fingerprint density at radius 3 is 2.26 bits per heavy atom. The van der Waals surface area contributed by atoms with Gasteiger partial charge in [-0.3, -0.25) is 13.9 Å². The largest absolute Gasteiger partial charge is 0.354 e. The van der Waals surface area contributed by atoms with Gasteiger partial charge in [0, 0.05) is 26.1 Å². The first-order chi connectivity index (χ1) is 16.4. The van der Waals surface area contributed by atoms with E-state index in [1.165, 1.54) is 10.6 Å². The van der Waals surface area contributed by atoms with Crippen LogP contribution in [0.15, 0.2) is 48.5 Å². The van der Waals surface area contributed by atoms with Gasteiger partial charge in [-0.2, -0.15) is 0 Å². The van der Waals surface area contributed by atoms with Crippen LogP contribution in [0.1, 0.15) is 50.3 Å². The summed E-state index contributed by atoms with van der Waals surface area (Å²) >= 11 is 0. The van der Waals surface area contributed by atoms with E-state index in [0.29, 0.717) is 31.1 Å². The second-order valence-electron chi connectivity index (χ2n) is 9.55. The molecule has 2 amide bonds. The smallest absolute Gasteiger partial charge is 0.242 e. The number of anilines is 1. The summed E-state index contributed by atoms with van der Waals surface area (Å²) in [4.78, 5) is 27.6. The van der Waals surface area contributed by atoms with E-state index < -0.39 is 16.1 Å². The van der Waals surface area contributed by atoms with Crippen molar-refractivity contribution in [1.82, 2.24) is 10.2 Å². The number of carbonyl (C=O) groups excluding carboxylic acids is 2. The van der Waals surface area contributed by atoms with Crippen LogP contribution in [0, 0.1) is 19.8 Å². The molecule has 1 N–H and O–H groups in total. The highest BCUT2D eigenvalue weighted by Gasteiger charge is 2.27. The second-order valence-corrected chi connectivity index (χ2v) is 11.5. The van der Waals surface area contributed by atoms with Crippen molar-refractivity contribution in [3.63, 3.8) is 0 Å². The van der Waals surface area contributed by atoms with Crippen molar-refractivity contribution in [3.8, 4) is 0 Å².